The highest BCUT2D eigenvalue weighted by molar-refractivity contribution is 7.93. The van der Waals surface area contributed by atoms with Crippen molar-refractivity contribution in [3.63, 3.8) is 0 Å². The lowest BCUT2D eigenvalue weighted by Gasteiger charge is -2.08. The lowest BCUT2D eigenvalue weighted by molar-refractivity contribution is 0.101. The third-order valence-electron chi connectivity index (χ3n) is 2.70. The van der Waals surface area contributed by atoms with Gasteiger partial charge >= 0.3 is 0 Å². The first-order chi connectivity index (χ1) is 9.70. The van der Waals surface area contributed by atoms with E-state index in [-0.39, 0.29) is 22.3 Å². The zero-order valence-corrected chi connectivity index (χ0v) is 12.8. The van der Waals surface area contributed by atoms with Crippen LogP contribution in [0.1, 0.15) is 23.0 Å². The van der Waals surface area contributed by atoms with E-state index in [1.165, 1.54) is 12.3 Å². The van der Waals surface area contributed by atoms with Crippen molar-refractivity contribution in [1.29, 1.82) is 0 Å². The zero-order valence-electron chi connectivity index (χ0n) is 11.2. The molecule has 0 aliphatic carbocycles. The predicted molar refractivity (Wildman–Crippen MR) is 78.5 cm³/mol. The van der Waals surface area contributed by atoms with Crippen molar-refractivity contribution < 1.29 is 17.6 Å². The Hall–Kier alpha value is -2.00. The summed E-state index contributed by atoms with van der Waals surface area (Å²) in [4.78, 5) is 14.4. The molecule has 0 atom stereocenters. The number of Topliss-reactive ketones (excluding diaryl/α,β-unsaturated/α-hetero) is 1. The highest BCUT2D eigenvalue weighted by atomic mass is 32.2. The molecule has 0 fully saturated rings. The van der Waals surface area contributed by atoms with Crippen LogP contribution in [0.2, 0.25) is 0 Å². The molecular formula is C12H12FN3O3S2. The number of hydrogen-bond donors (Lipinski definition) is 2. The third kappa shape index (κ3) is 3.19. The zero-order chi connectivity index (χ0) is 15.8. The summed E-state index contributed by atoms with van der Waals surface area (Å²) in [5.74, 6) is -1.19. The second-order valence-corrected chi connectivity index (χ2v) is 6.85. The van der Waals surface area contributed by atoms with Crippen molar-refractivity contribution in [3.05, 3.63) is 34.6 Å². The maximum Gasteiger partial charge on any atom is 0.266 e. The number of carbonyl (C=O) groups excluding carboxylic acids is 1. The largest absolute Gasteiger partial charge is 0.398 e. The van der Waals surface area contributed by atoms with E-state index in [9.17, 15) is 17.6 Å². The summed E-state index contributed by atoms with van der Waals surface area (Å²) in [6.45, 7) is 2.88. The second-order valence-electron chi connectivity index (χ2n) is 4.34. The molecule has 21 heavy (non-hydrogen) atoms. The fraction of sp³-hybridized carbons (Fsp3) is 0.167. The molecule has 0 bridgehead atoms. The number of halogens is 1. The number of aryl methyl sites for hydroxylation is 1. The fourth-order valence-electron chi connectivity index (χ4n) is 1.53. The molecule has 2 rings (SSSR count). The standard InChI is InChI=1S/C12H12FN3O3S2/c1-6-3-8(13)11(4-9(6)14)21(18,19)16-12-15-10(5-20-12)7(2)17/h3-5H,14H2,1-2H3,(H,15,16). The predicted octanol–water partition coefficient (Wildman–Crippen LogP) is 2.18. The van der Waals surface area contributed by atoms with Crippen molar-refractivity contribution in [2.75, 3.05) is 10.5 Å². The molecule has 1 aromatic carbocycles. The Bertz CT molecular complexity index is 815. The van der Waals surface area contributed by atoms with Crippen LogP contribution in [-0.4, -0.2) is 19.2 Å². The number of benzene rings is 1. The molecule has 0 amide bonds. The van der Waals surface area contributed by atoms with Gasteiger partial charge in [-0.2, -0.15) is 0 Å². The van der Waals surface area contributed by atoms with Gasteiger partial charge in [-0.25, -0.2) is 17.8 Å². The SMILES string of the molecule is CC(=O)c1csc(NS(=O)(=O)c2cc(N)c(C)cc2F)n1. The summed E-state index contributed by atoms with van der Waals surface area (Å²) in [7, 11) is -4.16. The van der Waals surface area contributed by atoms with E-state index in [2.05, 4.69) is 9.71 Å². The number of carbonyl (C=O) groups is 1. The molecule has 3 N–H and O–H groups in total. The number of nitrogens with two attached hydrogens (primary N) is 1. The van der Waals surface area contributed by atoms with E-state index in [0.29, 0.717) is 5.56 Å². The van der Waals surface area contributed by atoms with Crippen LogP contribution in [0.15, 0.2) is 22.4 Å². The average Bonchev–Trinajstić information content (AvgIpc) is 2.81. The quantitative estimate of drug-likeness (QED) is 0.661. The van der Waals surface area contributed by atoms with Crippen molar-refractivity contribution in [2.45, 2.75) is 18.7 Å². The number of rotatable bonds is 4. The molecule has 1 heterocycles. The van der Waals surface area contributed by atoms with Gasteiger partial charge in [-0.05, 0) is 24.6 Å². The molecule has 0 radical (unpaired) electrons. The van der Waals surface area contributed by atoms with Gasteiger partial charge in [-0.1, -0.05) is 0 Å². The molecule has 2 aromatic rings. The van der Waals surface area contributed by atoms with Crippen LogP contribution in [0.3, 0.4) is 0 Å². The molecule has 0 saturated carbocycles. The van der Waals surface area contributed by atoms with Gasteiger partial charge in [-0.3, -0.25) is 9.52 Å². The van der Waals surface area contributed by atoms with Crippen molar-refractivity contribution in [1.82, 2.24) is 4.98 Å². The molecule has 0 saturated heterocycles. The Kier molecular flexibility index (Phi) is 3.97. The number of ketones is 1. The molecule has 0 spiro atoms. The topological polar surface area (TPSA) is 102 Å². The minimum Gasteiger partial charge on any atom is -0.398 e. The summed E-state index contributed by atoms with van der Waals surface area (Å²) in [5.41, 5.74) is 6.36. The highest BCUT2D eigenvalue weighted by Crippen LogP contribution is 2.25. The average molecular weight is 329 g/mol. The van der Waals surface area contributed by atoms with E-state index in [1.807, 2.05) is 0 Å². The van der Waals surface area contributed by atoms with Gasteiger partial charge in [0.05, 0.1) is 0 Å². The lowest BCUT2D eigenvalue weighted by atomic mass is 10.2. The van der Waals surface area contributed by atoms with E-state index >= 15 is 0 Å². The molecule has 112 valence electrons. The summed E-state index contributed by atoms with van der Waals surface area (Å²) < 4.78 is 40.2. The first kappa shape index (κ1) is 15.4. The minimum absolute atomic E-state index is 0.0150. The number of hydrogen-bond acceptors (Lipinski definition) is 6. The van der Waals surface area contributed by atoms with Crippen LogP contribution in [0.4, 0.5) is 15.2 Å². The highest BCUT2D eigenvalue weighted by Gasteiger charge is 2.22. The smallest absolute Gasteiger partial charge is 0.266 e. The van der Waals surface area contributed by atoms with Crippen LogP contribution >= 0.6 is 11.3 Å². The molecule has 0 aliphatic heterocycles. The number of nitrogens with zero attached hydrogens (tertiary/aromatic N) is 1. The van der Waals surface area contributed by atoms with Gasteiger partial charge < -0.3 is 5.73 Å². The molecule has 1 aromatic heterocycles. The Balaban J connectivity index is 2.38. The fourth-order valence-corrected chi connectivity index (χ4v) is 3.62. The van der Waals surface area contributed by atoms with Crippen molar-refractivity contribution in [2.24, 2.45) is 0 Å². The number of nitrogen functional groups attached to an aromatic ring is 1. The van der Waals surface area contributed by atoms with E-state index < -0.39 is 20.7 Å². The van der Waals surface area contributed by atoms with Crippen LogP contribution < -0.4 is 10.5 Å². The normalized spacial score (nSPS) is 11.4. The molecule has 0 aliphatic rings. The van der Waals surface area contributed by atoms with Crippen LogP contribution in [-0.2, 0) is 10.0 Å². The number of sulfonamides is 1. The first-order valence-electron chi connectivity index (χ1n) is 5.75. The third-order valence-corrected chi connectivity index (χ3v) is 4.94. The molecule has 6 nitrogen and oxygen atoms in total. The van der Waals surface area contributed by atoms with Gasteiger partial charge in [0.25, 0.3) is 10.0 Å². The Morgan fingerprint density at radius 3 is 2.67 bits per heavy atom. The Labute approximate surface area is 124 Å². The minimum atomic E-state index is -4.16. The number of nitrogens with one attached hydrogen (secondary N) is 1. The maximum atomic E-state index is 13.8. The van der Waals surface area contributed by atoms with Crippen LogP contribution in [0.5, 0.6) is 0 Å². The van der Waals surface area contributed by atoms with Gasteiger partial charge in [0.2, 0.25) is 0 Å². The maximum absolute atomic E-state index is 13.8. The van der Waals surface area contributed by atoms with Crippen molar-refractivity contribution in [3.8, 4) is 0 Å². The molecule has 0 unspecified atom stereocenters. The summed E-state index contributed by atoms with van der Waals surface area (Å²) in [5, 5.41) is 1.40. The number of aromatic nitrogens is 1. The van der Waals surface area contributed by atoms with Gasteiger partial charge in [0.15, 0.2) is 10.9 Å². The van der Waals surface area contributed by atoms with E-state index in [4.69, 9.17) is 5.73 Å². The molecular weight excluding hydrogens is 317 g/mol. The number of anilines is 2. The van der Waals surface area contributed by atoms with Gasteiger partial charge in [0.1, 0.15) is 16.4 Å². The van der Waals surface area contributed by atoms with Crippen LogP contribution in [0, 0.1) is 12.7 Å². The van der Waals surface area contributed by atoms with Gasteiger partial charge in [0, 0.05) is 18.0 Å². The second kappa shape index (κ2) is 5.41. The summed E-state index contributed by atoms with van der Waals surface area (Å²) in [6, 6.07) is 2.10. The van der Waals surface area contributed by atoms with E-state index in [0.717, 1.165) is 23.5 Å². The van der Waals surface area contributed by atoms with Crippen LogP contribution in [0.25, 0.3) is 0 Å². The van der Waals surface area contributed by atoms with Crippen molar-refractivity contribution >= 4 is 38.0 Å². The number of thiazole rings is 1. The first-order valence-corrected chi connectivity index (χ1v) is 8.12. The lowest BCUT2D eigenvalue weighted by Crippen LogP contribution is -2.15. The summed E-state index contributed by atoms with van der Waals surface area (Å²) >= 11 is 0.937. The van der Waals surface area contributed by atoms with E-state index in [1.54, 1.807) is 6.92 Å². The Morgan fingerprint density at radius 2 is 2.10 bits per heavy atom. The molecule has 9 heteroatoms. The summed E-state index contributed by atoms with van der Waals surface area (Å²) in [6.07, 6.45) is 0. The van der Waals surface area contributed by atoms with Gasteiger partial charge in [-0.15, -0.1) is 11.3 Å². The Morgan fingerprint density at radius 1 is 1.43 bits per heavy atom. The monoisotopic (exact) mass is 329 g/mol.